The zero-order chi connectivity index (χ0) is 17.4. The molecule has 1 aliphatic rings. The van der Waals surface area contributed by atoms with Gasteiger partial charge in [0.15, 0.2) is 0 Å². The molecule has 0 unspecified atom stereocenters. The van der Waals surface area contributed by atoms with E-state index in [9.17, 15) is 9.59 Å². The summed E-state index contributed by atoms with van der Waals surface area (Å²) in [5.74, 6) is 0.540. The average molecular weight is 324 g/mol. The van der Waals surface area contributed by atoms with Crippen LogP contribution < -0.4 is 5.32 Å². The summed E-state index contributed by atoms with van der Waals surface area (Å²) in [6.07, 6.45) is 3.55. The number of imide groups is 1. The Bertz CT molecular complexity index is 847. The number of carbonyl (C=O) groups is 2. The highest BCUT2D eigenvalue weighted by Gasteiger charge is 2.32. The Morgan fingerprint density at radius 2 is 1.96 bits per heavy atom. The SMILES string of the molecule is CCN1C(=O)NC(=Cc2cc(C)n(-c3ccc(C)cn3)c2C)C1=O. The summed E-state index contributed by atoms with van der Waals surface area (Å²) in [4.78, 5) is 29.6. The number of amides is 3. The molecule has 1 saturated heterocycles. The first kappa shape index (κ1) is 16.0. The van der Waals surface area contributed by atoms with Gasteiger partial charge in [0, 0.05) is 24.1 Å². The summed E-state index contributed by atoms with van der Waals surface area (Å²) < 4.78 is 2.03. The van der Waals surface area contributed by atoms with Crippen LogP contribution in [-0.4, -0.2) is 32.9 Å². The molecule has 3 amide bonds. The summed E-state index contributed by atoms with van der Waals surface area (Å²) in [7, 11) is 0. The van der Waals surface area contributed by atoms with Crippen molar-refractivity contribution in [1.82, 2.24) is 19.8 Å². The predicted octanol–water partition coefficient (Wildman–Crippen LogP) is 2.71. The minimum atomic E-state index is -0.372. The van der Waals surface area contributed by atoms with Gasteiger partial charge in [0.25, 0.3) is 5.91 Å². The van der Waals surface area contributed by atoms with E-state index in [0.717, 1.165) is 28.3 Å². The molecule has 0 spiro atoms. The number of nitrogens with one attached hydrogen (secondary N) is 1. The van der Waals surface area contributed by atoms with Gasteiger partial charge in [-0.05, 0) is 57.0 Å². The maximum atomic E-state index is 12.2. The van der Waals surface area contributed by atoms with Crippen LogP contribution in [0.5, 0.6) is 0 Å². The van der Waals surface area contributed by atoms with Crippen LogP contribution in [0.1, 0.15) is 29.4 Å². The first-order valence-electron chi connectivity index (χ1n) is 7.89. The molecule has 1 fully saturated rings. The second-order valence-corrected chi connectivity index (χ2v) is 5.89. The van der Waals surface area contributed by atoms with Gasteiger partial charge in [0.1, 0.15) is 11.5 Å². The smallest absolute Gasteiger partial charge is 0.303 e. The quantitative estimate of drug-likeness (QED) is 0.697. The largest absolute Gasteiger partial charge is 0.328 e. The van der Waals surface area contributed by atoms with E-state index in [2.05, 4.69) is 10.3 Å². The Balaban J connectivity index is 2.01. The number of pyridine rings is 1. The molecule has 1 aliphatic heterocycles. The molecule has 6 heteroatoms. The van der Waals surface area contributed by atoms with E-state index in [1.165, 1.54) is 4.90 Å². The third-order valence-corrected chi connectivity index (χ3v) is 4.17. The van der Waals surface area contributed by atoms with Gasteiger partial charge in [-0.2, -0.15) is 0 Å². The fourth-order valence-electron chi connectivity index (χ4n) is 2.89. The fraction of sp³-hybridized carbons (Fsp3) is 0.278. The second kappa shape index (κ2) is 5.96. The second-order valence-electron chi connectivity index (χ2n) is 5.89. The highest BCUT2D eigenvalue weighted by atomic mass is 16.2. The summed E-state index contributed by atoms with van der Waals surface area (Å²) in [5.41, 5.74) is 4.27. The van der Waals surface area contributed by atoms with Crippen LogP contribution in [0.2, 0.25) is 0 Å². The van der Waals surface area contributed by atoms with Crippen molar-refractivity contribution in [2.24, 2.45) is 0 Å². The van der Waals surface area contributed by atoms with Crippen LogP contribution in [0.15, 0.2) is 30.1 Å². The minimum Gasteiger partial charge on any atom is -0.303 e. The number of hydrogen-bond acceptors (Lipinski definition) is 3. The Morgan fingerprint density at radius 3 is 2.54 bits per heavy atom. The van der Waals surface area contributed by atoms with Gasteiger partial charge < -0.3 is 9.88 Å². The van der Waals surface area contributed by atoms with Gasteiger partial charge in [-0.25, -0.2) is 9.78 Å². The number of likely N-dealkylation sites (N-methyl/N-ethyl adjacent to an activating group) is 1. The van der Waals surface area contributed by atoms with Crippen LogP contribution >= 0.6 is 0 Å². The molecule has 0 aliphatic carbocycles. The van der Waals surface area contributed by atoms with Crippen molar-refractivity contribution in [2.45, 2.75) is 27.7 Å². The lowest BCUT2D eigenvalue weighted by Gasteiger charge is -2.08. The maximum absolute atomic E-state index is 12.2. The molecule has 6 nitrogen and oxygen atoms in total. The van der Waals surface area contributed by atoms with E-state index >= 15 is 0 Å². The number of aryl methyl sites for hydroxylation is 2. The first-order valence-corrected chi connectivity index (χ1v) is 7.89. The van der Waals surface area contributed by atoms with E-state index in [0.29, 0.717) is 12.2 Å². The molecule has 0 aromatic carbocycles. The Morgan fingerprint density at radius 1 is 1.21 bits per heavy atom. The van der Waals surface area contributed by atoms with E-state index in [4.69, 9.17) is 0 Å². The Kier molecular flexibility index (Phi) is 3.97. The molecule has 0 saturated carbocycles. The van der Waals surface area contributed by atoms with Crippen molar-refractivity contribution in [3.63, 3.8) is 0 Å². The van der Waals surface area contributed by atoms with Gasteiger partial charge in [0.2, 0.25) is 0 Å². The zero-order valence-electron chi connectivity index (χ0n) is 14.3. The highest BCUT2D eigenvalue weighted by molar-refractivity contribution is 6.14. The topological polar surface area (TPSA) is 67.2 Å². The van der Waals surface area contributed by atoms with E-state index in [1.807, 2.05) is 49.7 Å². The molecule has 24 heavy (non-hydrogen) atoms. The first-order chi connectivity index (χ1) is 11.4. The maximum Gasteiger partial charge on any atom is 0.328 e. The normalized spacial score (nSPS) is 16.2. The van der Waals surface area contributed by atoms with Crippen LogP contribution in [0.3, 0.4) is 0 Å². The van der Waals surface area contributed by atoms with Gasteiger partial charge in [0.05, 0.1) is 0 Å². The van der Waals surface area contributed by atoms with E-state index in [1.54, 1.807) is 13.0 Å². The minimum absolute atomic E-state index is 0.291. The average Bonchev–Trinajstić information content (AvgIpc) is 2.97. The molecule has 0 bridgehead atoms. The zero-order valence-corrected chi connectivity index (χ0v) is 14.3. The third-order valence-electron chi connectivity index (χ3n) is 4.17. The van der Waals surface area contributed by atoms with Gasteiger partial charge in [-0.15, -0.1) is 0 Å². The Labute approximate surface area is 140 Å². The molecule has 0 atom stereocenters. The van der Waals surface area contributed by atoms with Crippen LogP contribution in [0.4, 0.5) is 4.79 Å². The summed E-state index contributed by atoms with van der Waals surface area (Å²) in [5, 5.41) is 2.63. The summed E-state index contributed by atoms with van der Waals surface area (Å²) in [6.45, 7) is 8.09. The summed E-state index contributed by atoms with van der Waals surface area (Å²) in [6, 6.07) is 5.59. The van der Waals surface area contributed by atoms with Gasteiger partial charge >= 0.3 is 6.03 Å². The predicted molar refractivity (Wildman–Crippen MR) is 91.7 cm³/mol. The molecular formula is C18H20N4O2. The monoisotopic (exact) mass is 324 g/mol. The number of aromatic nitrogens is 2. The highest BCUT2D eigenvalue weighted by Crippen LogP contribution is 2.23. The fourth-order valence-corrected chi connectivity index (χ4v) is 2.89. The molecule has 124 valence electrons. The number of nitrogens with zero attached hydrogens (tertiary/aromatic N) is 3. The summed E-state index contributed by atoms with van der Waals surface area (Å²) >= 11 is 0. The van der Waals surface area contributed by atoms with E-state index < -0.39 is 0 Å². The number of rotatable bonds is 3. The molecule has 1 N–H and O–H groups in total. The number of hydrogen-bond donors (Lipinski definition) is 1. The Hall–Kier alpha value is -2.89. The lowest BCUT2D eigenvalue weighted by Crippen LogP contribution is -2.30. The number of urea groups is 1. The van der Waals surface area contributed by atoms with Gasteiger partial charge in [-0.3, -0.25) is 9.69 Å². The third kappa shape index (κ3) is 2.60. The van der Waals surface area contributed by atoms with Crippen molar-refractivity contribution in [1.29, 1.82) is 0 Å². The van der Waals surface area contributed by atoms with E-state index in [-0.39, 0.29) is 11.9 Å². The van der Waals surface area contributed by atoms with Crippen molar-refractivity contribution in [3.05, 3.63) is 52.6 Å². The van der Waals surface area contributed by atoms with Gasteiger partial charge in [-0.1, -0.05) is 6.07 Å². The molecule has 2 aromatic heterocycles. The van der Waals surface area contributed by atoms with Crippen molar-refractivity contribution >= 4 is 18.0 Å². The van der Waals surface area contributed by atoms with Crippen LogP contribution in [0.25, 0.3) is 11.9 Å². The molecule has 3 rings (SSSR count). The van der Waals surface area contributed by atoms with Crippen molar-refractivity contribution in [2.75, 3.05) is 6.54 Å². The lowest BCUT2D eigenvalue weighted by molar-refractivity contribution is -0.122. The molecule has 0 radical (unpaired) electrons. The van der Waals surface area contributed by atoms with Crippen molar-refractivity contribution < 1.29 is 9.59 Å². The van der Waals surface area contributed by atoms with Crippen molar-refractivity contribution in [3.8, 4) is 5.82 Å². The lowest BCUT2D eigenvalue weighted by atomic mass is 10.2. The van der Waals surface area contributed by atoms with Crippen LogP contribution in [0, 0.1) is 20.8 Å². The molecular weight excluding hydrogens is 304 g/mol. The standard InChI is InChI=1S/C18H20N4O2/c1-5-21-17(23)15(20-18(21)24)9-14-8-12(3)22(13(14)4)16-7-6-11(2)10-19-16/h6-10H,5H2,1-4H3,(H,20,24). The van der Waals surface area contributed by atoms with Crippen LogP contribution in [-0.2, 0) is 4.79 Å². The molecule has 2 aromatic rings. The number of carbonyl (C=O) groups excluding carboxylic acids is 2. The molecule has 3 heterocycles.